The maximum absolute atomic E-state index is 14.6. The number of amides is 4. The minimum Gasteiger partial charge on any atom is -0.449 e. The van der Waals surface area contributed by atoms with Crippen LogP contribution in [0.3, 0.4) is 0 Å². The summed E-state index contributed by atoms with van der Waals surface area (Å²) in [6.07, 6.45) is -0.462. The number of aliphatic hydroxyl groups is 2. The third-order valence-electron chi connectivity index (χ3n) is 13.1. The predicted molar refractivity (Wildman–Crippen MR) is 267 cm³/mol. The Hall–Kier alpha value is -8.57. The van der Waals surface area contributed by atoms with E-state index in [2.05, 4.69) is 74.1 Å². The third-order valence-corrected chi connectivity index (χ3v) is 13.1. The van der Waals surface area contributed by atoms with Gasteiger partial charge in [0.25, 0.3) is 11.8 Å². The van der Waals surface area contributed by atoms with Gasteiger partial charge in [-0.15, -0.1) is 0 Å². The van der Waals surface area contributed by atoms with Crippen molar-refractivity contribution in [3.63, 3.8) is 0 Å². The molecule has 0 aliphatic heterocycles. The molecule has 1 unspecified atom stereocenters. The van der Waals surface area contributed by atoms with Gasteiger partial charge < -0.3 is 35.1 Å². The van der Waals surface area contributed by atoms with Gasteiger partial charge in [0, 0.05) is 36.1 Å². The SMILES string of the molecule is CC(O)[C@@H](CO)OCn1cnc2c(N(C(=O)c3ccc(CNC(=O)OCC4c5ccccc5-c5ccccc54)cc3)C(=O)c3ccc(CNC(=O)OCC4c5ccccc5-c5ccccc54)cc3)ncnc21. The smallest absolute Gasteiger partial charge is 0.407 e. The zero-order chi connectivity index (χ0) is 49.7. The van der Waals surface area contributed by atoms with Crippen molar-refractivity contribution in [3.05, 3.63) is 203 Å². The van der Waals surface area contributed by atoms with Crippen molar-refractivity contribution in [2.45, 2.75) is 50.8 Å². The lowest BCUT2D eigenvalue weighted by Crippen LogP contribution is -2.38. The first kappa shape index (κ1) is 47.1. The number of hydrogen-bond acceptors (Lipinski definition) is 12. The molecular weight excluding hydrogens is 915 g/mol. The van der Waals surface area contributed by atoms with Crippen LogP contribution in [0.5, 0.6) is 0 Å². The fourth-order valence-electron chi connectivity index (χ4n) is 9.37. The molecule has 2 aliphatic rings. The molecule has 4 N–H and O–H groups in total. The van der Waals surface area contributed by atoms with Gasteiger partial charge in [-0.1, -0.05) is 121 Å². The first-order valence-electron chi connectivity index (χ1n) is 23.5. The molecule has 0 bridgehead atoms. The Kier molecular flexibility index (Phi) is 13.6. The Morgan fingerprint density at radius 1 is 0.611 bits per heavy atom. The van der Waals surface area contributed by atoms with Crippen molar-refractivity contribution in [1.82, 2.24) is 30.2 Å². The van der Waals surface area contributed by atoms with Gasteiger partial charge in [-0.05, 0) is 86.8 Å². The molecule has 0 spiro atoms. The highest BCUT2D eigenvalue weighted by Gasteiger charge is 2.33. The van der Waals surface area contributed by atoms with Crippen molar-refractivity contribution in [2.75, 3.05) is 24.7 Å². The second-order valence-electron chi connectivity index (χ2n) is 17.5. The number of nitrogens with one attached hydrogen (secondary N) is 2. The molecular formula is C56H49N7O9. The quantitative estimate of drug-likeness (QED) is 0.0678. The van der Waals surface area contributed by atoms with Crippen molar-refractivity contribution < 1.29 is 43.6 Å². The topological polar surface area (TPSA) is 207 Å². The van der Waals surface area contributed by atoms with E-state index in [4.69, 9.17) is 14.2 Å². The Morgan fingerprint density at radius 3 is 1.46 bits per heavy atom. The van der Waals surface area contributed by atoms with Crippen molar-refractivity contribution in [1.29, 1.82) is 0 Å². The molecule has 0 saturated carbocycles. The summed E-state index contributed by atoms with van der Waals surface area (Å²) < 4.78 is 18.6. The van der Waals surface area contributed by atoms with Crippen LogP contribution in [0.2, 0.25) is 0 Å². The van der Waals surface area contributed by atoms with Gasteiger partial charge in [0.2, 0.25) is 0 Å². The standard InChI is InChI=1S/C56H49N7O9/c1-34(65)49(28-64)72-33-62-32-61-50-51(62)59-31-60-52(50)63(53(66)37-22-18-35(19-23-37)26-57-55(68)70-29-47-43-14-6-2-10-39(43)40-11-3-7-15-44(40)47)54(67)38-24-20-36(21-25-38)27-58-56(69)71-30-48-45-16-8-4-12-41(45)42-13-5-9-17-46(42)48/h2-25,31-32,34,47-49,64-65H,26-30,33H2,1H3,(H,57,68)(H,58,69)/t34?,49-/m1/s1. The van der Waals surface area contributed by atoms with E-state index in [0.29, 0.717) is 11.1 Å². The van der Waals surface area contributed by atoms with E-state index >= 15 is 0 Å². The third kappa shape index (κ3) is 9.53. The van der Waals surface area contributed by atoms with Crippen LogP contribution in [0.25, 0.3) is 33.4 Å². The molecule has 0 radical (unpaired) electrons. The Balaban J connectivity index is 0.823. The zero-order valence-corrected chi connectivity index (χ0v) is 39.1. The number of aromatic nitrogens is 4. The molecule has 72 heavy (non-hydrogen) atoms. The van der Waals surface area contributed by atoms with E-state index in [1.165, 1.54) is 24.1 Å². The minimum atomic E-state index is -0.967. The highest BCUT2D eigenvalue weighted by atomic mass is 16.6. The van der Waals surface area contributed by atoms with E-state index in [-0.39, 0.29) is 73.0 Å². The average molecular weight is 964 g/mol. The number of imide groups is 1. The summed E-state index contributed by atoms with van der Waals surface area (Å²) in [6, 6.07) is 45.2. The number of rotatable bonds is 16. The second kappa shape index (κ2) is 20.8. The van der Waals surface area contributed by atoms with Crippen LogP contribution in [0.1, 0.15) is 72.9 Å². The molecule has 2 aliphatic carbocycles. The van der Waals surface area contributed by atoms with E-state index in [1.807, 2.05) is 48.5 Å². The van der Waals surface area contributed by atoms with Crippen molar-refractivity contribution in [2.24, 2.45) is 0 Å². The fraction of sp³-hybridized carbons (Fsp3) is 0.196. The van der Waals surface area contributed by atoms with Crippen LogP contribution in [0, 0.1) is 0 Å². The molecule has 0 fully saturated rings. The van der Waals surface area contributed by atoms with Crippen LogP contribution < -0.4 is 15.5 Å². The lowest BCUT2D eigenvalue weighted by Gasteiger charge is -2.21. The van der Waals surface area contributed by atoms with Crippen LogP contribution in [0.4, 0.5) is 15.4 Å². The molecule has 2 aromatic heterocycles. The Morgan fingerprint density at radius 2 is 1.04 bits per heavy atom. The number of benzene rings is 6. The summed E-state index contributed by atoms with van der Waals surface area (Å²) in [6.45, 7) is 1.42. The zero-order valence-electron chi connectivity index (χ0n) is 39.1. The molecule has 16 nitrogen and oxygen atoms in total. The number of hydrogen-bond donors (Lipinski definition) is 4. The second-order valence-corrected chi connectivity index (χ2v) is 17.5. The molecule has 6 aromatic carbocycles. The summed E-state index contributed by atoms with van der Waals surface area (Å²) in [7, 11) is 0. The van der Waals surface area contributed by atoms with Gasteiger partial charge in [0.05, 0.1) is 19.0 Å². The number of alkyl carbamates (subject to hydrolysis) is 2. The van der Waals surface area contributed by atoms with Crippen LogP contribution in [0.15, 0.2) is 158 Å². The Bertz CT molecular complexity index is 3040. The first-order chi connectivity index (χ1) is 35.2. The van der Waals surface area contributed by atoms with Gasteiger partial charge in [-0.2, -0.15) is 0 Å². The summed E-state index contributed by atoms with van der Waals surface area (Å²) in [5, 5.41) is 25.3. The van der Waals surface area contributed by atoms with Gasteiger partial charge in [-0.25, -0.2) is 29.4 Å². The van der Waals surface area contributed by atoms with E-state index in [1.54, 1.807) is 48.5 Å². The lowest BCUT2D eigenvalue weighted by molar-refractivity contribution is -0.0804. The van der Waals surface area contributed by atoms with Crippen LogP contribution in [-0.2, 0) is 34.0 Å². The molecule has 4 amide bonds. The maximum Gasteiger partial charge on any atom is 0.407 e. The Labute approximate surface area is 413 Å². The number of anilines is 1. The van der Waals surface area contributed by atoms with E-state index in [0.717, 1.165) is 49.4 Å². The lowest BCUT2D eigenvalue weighted by atomic mass is 9.98. The molecule has 0 saturated heterocycles. The highest BCUT2D eigenvalue weighted by Crippen LogP contribution is 2.45. The number of imidazole rings is 1. The largest absolute Gasteiger partial charge is 0.449 e. The monoisotopic (exact) mass is 963 g/mol. The van der Waals surface area contributed by atoms with Crippen LogP contribution in [-0.4, -0.2) is 85.8 Å². The summed E-state index contributed by atoms with van der Waals surface area (Å²) in [5.74, 6) is -1.75. The van der Waals surface area contributed by atoms with Gasteiger partial charge in [-0.3, -0.25) is 14.2 Å². The van der Waals surface area contributed by atoms with Gasteiger partial charge in [0.1, 0.15) is 32.4 Å². The number of aliphatic hydroxyl groups excluding tert-OH is 2. The number of ether oxygens (including phenoxy) is 3. The molecule has 10 rings (SSSR count). The highest BCUT2D eigenvalue weighted by molar-refractivity contribution is 6.27. The molecule has 362 valence electrons. The number of carbonyl (C=O) groups is 4. The summed E-state index contributed by atoms with van der Waals surface area (Å²) in [4.78, 5) is 69.3. The summed E-state index contributed by atoms with van der Waals surface area (Å²) >= 11 is 0. The number of fused-ring (bicyclic) bond motifs is 7. The minimum absolute atomic E-state index is 0.0947. The predicted octanol–water partition coefficient (Wildman–Crippen LogP) is 8.11. The van der Waals surface area contributed by atoms with Gasteiger partial charge in [0.15, 0.2) is 17.0 Å². The fourth-order valence-corrected chi connectivity index (χ4v) is 9.37. The number of carbonyl (C=O) groups excluding carboxylic acids is 4. The van der Waals surface area contributed by atoms with Gasteiger partial charge >= 0.3 is 12.2 Å². The first-order valence-corrected chi connectivity index (χ1v) is 23.5. The maximum atomic E-state index is 14.6. The average Bonchev–Trinajstić information content (AvgIpc) is 4.09. The summed E-state index contributed by atoms with van der Waals surface area (Å²) in [5.41, 5.74) is 10.8. The normalized spacial score (nSPS) is 13.3. The van der Waals surface area contributed by atoms with Crippen molar-refractivity contribution >= 4 is 41.0 Å². The van der Waals surface area contributed by atoms with Crippen molar-refractivity contribution in [3.8, 4) is 22.3 Å². The molecule has 2 atom stereocenters. The molecule has 2 heterocycles. The van der Waals surface area contributed by atoms with E-state index in [9.17, 15) is 29.4 Å². The number of nitrogens with zero attached hydrogens (tertiary/aromatic N) is 5. The molecule has 8 aromatic rings. The van der Waals surface area contributed by atoms with Crippen LogP contribution >= 0.6 is 0 Å². The van der Waals surface area contributed by atoms with E-state index < -0.39 is 42.8 Å². The molecule has 16 heteroatoms.